The zero-order valence-electron chi connectivity index (χ0n) is 18.9. The van der Waals surface area contributed by atoms with E-state index >= 15 is 0 Å². The normalized spacial score (nSPS) is 10.6. The van der Waals surface area contributed by atoms with Crippen LogP contribution in [-0.4, -0.2) is 42.0 Å². The summed E-state index contributed by atoms with van der Waals surface area (Å²) in [6.07, 6.45) is 4.65. The third-order valence-corrected chi connectivity index (χ3v) is 5.28. The second-order valence-electron chi connectivity index (χ2n) is 7.70. The van der Waals surface area contributed by atoms with Gasteiger partial charge in [0.25, 0.3) is 5.91 Å². The summed E-state index contributed by atoms with van der Waals surface area (Å²) in [5.74, 6) is -0.591. The van der Waals surface area contributed by atoms with Crippen LogP contribution in [0.4, 0.5) is 11.4 Å². The first-order chi connectivity index (χ1) is 17.6. The number of amides is 2. The molecule has 0 saturated carbocycles. The van der Waals surface area contributed by atoms with Crippen LogP contribution in [0.1, 0.15) is 10.5 Å². The number of aromatic nitrogens is 6. The number of rotatable bonds is 7. The smallest absolute Gasteiger partial charge is 0.274 e. The fraction of sp³-hybridized carbons (Fsp3) is 0. The lowest BCUT2D eigenvalue weighted by Crippen LogP contribution is -2.14. The predicted octanol–water partition coefficient (Wildman–Crippen LogP) is 4.10. The number of anilines is 2. The lowest BCUT2D eigenvalue weighted by atomic mass is 10.1. The first-order valence-corrected chi connectivity index (χ1v) is 10.9. The number of nitrogens with one attached hydrogen (secondary N) is 3. The molecule has 3 N–H and O–H groups in total. The van der Waals surface area contributed by atoms with Crippen LogP contribution >= 0.6 is 0 Å². The Balaban J connectivity index is 1.26. The molecule has 3 heterocycles. The molecule has 0 bridgehead atoms. The summed E-state index contributed by atoms with van der Waals surface area (Å²) >= 11 is 0. The van der Waals surface area contributed by atoms with Crippen molar-refractivity contribution in [2.24, 2.45) is 0 Å². The monoisotopic (exact) mass is 476 g/mol. The maximum absolute atomic E-state index is 12.7. The predicted molar refractivity (Wildman–Crippen MR) is 135 cm³/mol. The molecular formula is C26H20N8O2. The zero-order chi connectivity index (χ0) is 24.9. The van der Waals surface area contributed by atoms with Crippen LogP contribution in [0.2, 0.25) is 0 Å². The fourth-order valence-electron chi connectivity index (χ4n) is 3.44. The van der Waals surface area contributed by atoms with Crippen molar-refractivity contribution in [1.82, 2.24) is 30.2 Å². The van der Waals surface area contributed by atoms with E-state index in [1.807, 2.05) is 24.3 Å². The Morgan fingerprint density at radius 3 is 2.36 bits per heavy atom. The molecule has 2 amide bonds. The summed E-state index contributed by atoms with van der Waals surface area (Å²) < 4.78 is 1.64. The second-order valence-corrected chi connectivity index (χ2v) is 7.70. The summed E-state index contributed by atoms with van der Waals surface area (Å²) in [6.45, 7) is 3.44. The van der Waals surface area contributed by atoms with Gasteiger partial charge in [0, 0.05) is 23.1 Å². The Hall–Kier alpha value is -5.38. The number of aromatic amines is 1. The lowest BCUT2D eigenvalue weighted by molar-refractivity contribution is -0.111. The lowest BCUT2D eigenvalue weighted by Gasteiger charge is -2.07. The van der Waals surface area contributed by atoms with E-state index in [2.05, 4.69) is 42.7 Å². The van der Waals surface area contributed by atoms with Gasteiger partial charge < -0.3 is 10.6 Å². The molecule has 2 aromatic carbocycles. The molecule has 0 unspecified atom stereocenters. The van der Waals surface area contributed by atoms with Crippen molar-refractivity contribution in [2.45, 2.75) is 0 Å². The molecule has 0 aliphatic rings. The highest BCUT2D eigenvalue weighted by Gasteiger charge is 2.11. The summed E-state index contributed by atoms with van der Waals surface area (Å²) in [6, 6.07) is 21.5. The van der Waals surface area contributed by atoms with Gasteiger partial charge in [-0.3, -0.25) is 14.7 Å². The number of carbonyl (C=O) groups is 2. The maximum atomic E-state index is 12.7. The highest BCUT2D eigenvalue weighted by Crippen LogP contribution is 2.21. The average molecular weight is 477 g/mol. The van der Waals surface area contributed by atoms with Crippen molar-refractivity contribution in [3.8, 4) is 28.3 Å². The standard InChI is InChI=1S/C26H20N8O2/c1-2-25(35)28-18-8-6-17(7-9-18)24-16-34(33-32-24)20-12-10-19(11-13-20)29-26(36)23-5-3-4-21(30-23)22-14-15-27-31-22/h2-16H,1H2,(H,27,31)(H,28,35)(H,29,36). The Morgan fingerprint density at radius 1 is 0.889 bits per heavy atom. The van der Waals surface area contributed by atoms with E-state index in [1.54, 1.807) is 65.6 Å². The molecular weight excluding hydrogens is 456 g/mol. The minimum atomic E-state index is -0.320. The van der Waals surface area contributed by atoms with Gasteiger partial charge in [-0.05, 0) is 60.7 Å². The summed E-state index contributed by atoms with van der Waals surface area (Å²) in [5, 5.41) is 20.7. The van der Waals surface area contributed by atoms with Gasteiger partial charge >= 0.3 is 0 Å². The van der Waals surface area contributed by atoms with Crippen molar-refractivity contribution in [3.05, 3.63) is 104 Å². The molecule has 0 fully saturated rings. The fourth-order valence-corrected chi connectivity index (χ4v) is 3.44. The molecule has 0 aliphatic carbocycles. The van der Waals surface area contributed by atoms with E-state index in [0.717, 1.165) is 16.9 Å². The molecule has 5 rings (SSSR count). The van der Waals surface area contributed by atoms with Crippen molar-refractivity contribution >= 4 is 23.2 Å². The number of hydrogen-bond acceptors (Lipinski definition) is 6. The van der Waals surface area contributed by atoms with E-state index in [1.165, 1.54) is 6.08 Å². The Morgan fingerprint density at radius 2 is 1.64 bits per heavy atom. The van der Waals surface area contributed by atoms with Crippen molar-refractivity contribution in [1.29, 1.82) is 0 Å². The maximum Gasteiger partial charge on any atom is 0.274 e. The number of nitrogens with zero attached hydrogens (tertiary/aromatic N) is 5. The third-order valence-electron chi connectivity index (χ3n) is 5.28. The van der Waals surface area contributed by atoms with Gasteiger partial charge in [0.05, 0.1) is 23.3 Å². The van der Waals surface area contributed by atoms with Gasteiger partial charge in [-0.2, -0.15) is 5.10 Å². The van der Waals surface area contributed by atoms with Gasteiger partial charge in [-0.25, -0.2) is 9.67 Å². The van der Waals surface area contributed by atoms with Crippen molar-refractivity contribution in [2.75, 3.05) is 10.6 Å². The van der Waals surface area contributed by atoms with Crippen LogP contribution in [-0.2, 0) is 4.79 Å². The molecule has 36 heavy (non-hydrogen) atoms. The molecule has 3 aromatic heterocycles. The molecule has 5 aromatic rings. The Labute approximate surface area is 205 Å². The number of hydrogen-bond donors (Lipinski definition) is 3. The SMILES string of the molecule is C=CC(=O)Nc1ccc(-c2cn(-c3ccc(NC(=O)c4cccc(-c5ccn[nH]5)n4)cc3)nn2)cc1. The number of benzene rings is 2. The van der Waals surface area contributed by atoms with Gasteiger partial charge in [-0.15, -0.1) is 5.10 Å². The quantitative estimate of drug-likeness (QED) is 0.303. The highest BCUT2D eigenvalue weighted by atomic mass is 16.2. The van der Waals surface area contributed by atoms with Crippen LogP contribution in [0.5, 0.6) is 0 Å². The Kier molecular flexibility index (Phi) is 6.14. The third kappa shape index (κ3) is 4.92. The molecule has 0 atom stereocenters. The van der Waals surface area contributed by atoms with Gasteiger partial charge in [-0.1, -0.05) is 30.0 Å². The van der Waals surface area contributed by atoms with Crippen LogP contribution < -0.4 is 10.6 Å². The first-order valence-electron chi connectivity index (χ1n) is 10.9. The Bertz CT molecular complexity index is 1520. The van der Waals surface area contributed by atoms with Gasteiger partial charge in [0.1, 0.15) is 11.4 Å². The highest BCUT2D eigenvalue weighted by molar-refractivity contribution is 6.03. The molecule has 0 saturated heterocycles. The van der Waals surface area contributed by atoms with E-state index in [0.29, 0.717) is 28.5 Å². The number of H-pyrrole nitrogens is 1. The molecule has 10 nitrogen and oxygen atoms in total. The second kappa shape index (κ2) is 9.85. The van der Waals surface area contributed by atoms with Gasteiger partial charge in [0.15, 0.2) is 0 Å². The minimum Gasteiger partial charge on any atom is -0.323 e. The molecule has 176 valence electrons. The van der Waals surface area contributed by atoms with Crippen molar-refractivity contribution in [3.63, 3.8) is 0 Å². The van der Waals surface area contributed by atoms with E-state index in [-0.39, 0.29) is 11.8 Å². The summed E-state index contributed by atoms with van der Waals surface area (Å²) in [7, 11) is 0. The van der Waals surface area contributed by atoms with Crippen LogP contribution in [0.15, 0.2) is 97.8 Å². The molecule has 0 spiro atoms. The van der Waals surface area contributed by atoms with E-state index in [9.17, 15) is 9.59 Å². The molecule has 10 heteroatoms. The van der Waals surface area contributed by atoms with Crippen LogP contribution in [0, 0.1) is 0 Å². The van der Waals surface area contributed by atoms with Crippen molar-refractivity contribution < 1.29 is 9.59 Å². The zero-order valence-corrected chi connectivity index (χ0v) is 18.9. The molecule has 0 aliphatic heterocycles. The van der Waals surface area contributed by atoms with Crippen LogP contribution in [0.25, 0.3) is 28.3 Å². The van der Waals surface area contributed by atoms with Gasteiger partial charge in [0.2, 0.25) is 5.91 Å². The minimum absolute atomic E-state index is 0.271. The first kappa shape index (κ1) is 22.4. The topological polar surface area (TPSA) is 130 Å². The largest absolute Gasteiger partial charge is 0.323 e. The summed E-state index contributed by atoms with van der Waals surface area (Å²) in [5.41, 5.74) is 5.25. The number of pyridine rings is 1. The van der Waals surface area contributed by atoms with Crippen LogP contribution in [0.3, 0.4) is 0 Å². The molecule has 0 radical (unpaired) electrons. The number of carbonyl (C=O) groups excluding carboxylic acids is 2. The van der Waals surface area contributed by atoms with E-state index < -0.39 is 0 Å². The summed E-state index contributed by atoms with van der Waals surface area (Å²) in [4.78, 5) is 28.5. The average Bonchev–Trinajstić information content (AvgIpc) is 3.63. The van der Waals surface area contributed by atoms with E-state index in [4.69, 9.17) is 0 Å².